The Hall–Kier alpha value is -1.86. The summed E-state index contributed by atoms with van der Waals surface area (Å²) < 4.78 is 5.45. The van der Waals surface area contributed by atoms with Gasteiger partial charge in [0.05, 0.1) is 22.6 Å². The first-order valence-corrected chi connectivity index (χ1v) is 6.97. The zero-order valence-corrected chi connectivity index (χ0v) is 12.0. The molecule has 7 nitrogen and oxygen atoms in total. The zero-order chi connectivity index (χ0) is 15.4. The largest absolute Gasteiger partial charge is 0.492 e. The fourth-order valence-electron chi connectivity index (χ4n) is 1.85. The molecule has 1 saturated carbocycles. The predicted molar refractivity (Wildman–Crippen MR) is 77.4 cm³/mol. The highest BCUT2D eigenvalue weighted by Crippen LogP contribution is 2.28. The smallest absolute Gasteiger partial charge is 0.271 e. The molecule has 2 rings (SSSR count). The second-order valence-corrected chi connectivity index (χ2v) is 5.31. The highest BCUT2D eigenvalue weighted by molar-refractivity contribution is 6.32. The van der Waals surface area contributed by atoms with E-state index in [9.17, 15) is 14.9 Å². The highest BCUT2D eigenvalue weighted by atomic mass is 35.5. The van der Waals surface area contributed by atoms with E-state index in [0.29, 0.717) is 18.2 Å². The van der Waals surface area contributed by atoms with Crippen LogP contribution < -0.4 is 15.8 Å². The number of nitro groups is 1. The molecule has 1 unspecified atom stereocenters. The van der Waals surface area contributed by atoms with E-state index in [4.69, 9.17) is 22.1 Å². The van der Waals surface area contributed by atoms with Gasteiger partial charge in [0.1, 0.15) is 5.75 Å². The number of halogens is 1. The molecule has 1 aliphatic carbocycles. The molecule has 3 N–H and O–H groups in total. The predicted octanol–water partition coefficient (Wildman–Crippen LogP) is 1.62. The summed E-state index contributed by atoms with van der Waals surface area (Å²) >= 11 is 5.91. The first-order chi connectivity index (χ1) is 9.97. The van der Waals surface area contributed by atoms with Crippen LogP contribution in [0.5, 0.6) is 5.75 Å². The van der Waals surface area contributed by atoms with Crippen LogP contribution in [0.3, 0.4) is 0 Å². The van der Waals surface area contributed by atoms with Crippen molar-refractivity contribution in [2.45, 2.75) is 31.3 Å². The van der Waals surface area contributed by atoms with Gasteiger partial charge in [0.2, 0.25) is 5.91 Å². The summed E-state index contributed by atoms with van der Waals surface area (Å²) in [7, 11) is 0. The molecule has 0 radical (unpaired) electrons. The van der Waals surface area contributed by atoms with Crippen molar-refractivity contribution in [1.82, 2.24) is 5.32 Å². The number of non-ortho nitro benzene ring substituents is 1. The lowest BCUT2D eigenvalue weighted by molar-refractivity contribution is -0.384. The van der Waals surface area contributed by atoms with E-state index in [1.807, 2.05) is 0 Å². The van der Waals surface area contributed by atoms with Crippen molar-refractivity contribution in [2.24, 2.45) is 5.73 Å². The number of ether oxygens (including phenoxy) is 1. The van der Waals surface area contributed by atoms with E-state index in [2.05, 4.69) is 5.32 Å². The minimum Gasteiger partial charge on any atom is -0.492 e. The number of amides is 1. The minimum atomic E-state index is -0.529. The van der Waals surface area contributed by atoms with E-state index in [0.717, 1.165) is 12.8 Å². The summed E-state index contributed by atoms with van der Waals surface area (Å²) in [6, 6.07) is 3.91. The number of benzene rings is 1. The van der Waals surface area contributed by atoms with Crippen molar-refractivity contribution in [3.8, 4) is 5.75 Å². The molecule has 0 saturated heterocycles. The SMILES string of the molecule is NC(=O)C(CCOc1ccc([N+](=O)[O-])cc1Cl)NC1CC1. The van der Waals surface area contributed by atoms with E-state index < -0.39 is 16.9 Å². The Morgan fingerprint density at radius 2 is 2.29 bits per heavy atom. The third-order valence-corrected chi connectivity index (χ3v) is 3.44. The average molecular weight is 314 g/mol. The molecular weight excluding hydrogens is 298 g/mol. The Bertz CT molecular complexity index is 548. The van der Waals surface area contributed by atoms with Crippen molar-refractivity contribution in [3.63, 3.8) is 0 Å². The number of rotatable bonds is 8. The second kappa shape index (κ2) is 6.73. The van der Waals surface area contributed by atoms with Crippen molar-refractivity contribution in [2.75, 3.05) is 6.61 Å². The third kappa shape index (κ3) is 4.57. The number of nitrogens with two attached hydrogens (primary N) is 1. The number of primary amides is 1. The molecule has 0 aromatic heterocycles. The average Bonchev–Trinajstić information content (AvgIpc) is 3.22. The second-order valence-electron chi connectivity index (χ2n) is 4.90. The molecule has 1 aromatic rings. The van der Waals surface area contributed by atoms with Gasteiger partial charge >= 0.3 is 0 Å². The fourth-order valence-corrected chi connectivity index (χ4v) is 2.08. The van der Waals surface area contributed by atoms with Crippen LogP contribution in [0, 0.1) is 10.1 Å². The Morgan fingerprint density at radius 3 is 2.81 bits per heavy atom. The summed E-state index contributed by atoms with van der Waals surface area (Å²) in [6.45, 7) is 0.241. The van der Waals surface area contributed by atoms with E-state index in [1.165, 1.54) is 18.2 Å². The summed E-state index contributed by atoms with van der Waals surface area (Å²) in [6.07, 6.45) is 2.52. The number of carbonyl (C=O) groups excluding carboxylic acids is 1. The molecule has 0 bridgehead atoms. The Morgan fingerprint density at radius 1 is 1.57 bits per heavy atom. The number of hydrogen-bond acceptors (Lipinski definition) is 5. The highest BCUT2D eigenvalue weighted by Gasteiger charge is 2.27. The maximum Gasteiger partial charge on any atom is 0.271 e. The van der Waals surface area contributed by atoms with Crippen LogP contribution in [0.4, 0.5) is 5.69 Å². The van der Waals surface area contributed by atoms with Crippen LogP contribution in [0.2, 0.25) is 5.02 Å². The van der Waals surface area contributed by atoms with Gasteiger partial charge in [0, 0.05) is 24.6 Å². The van der Waals surface area contributed by atoms with E-state index >= 15 is 0 Å². The normalized spacial score (nSPS) is 15.5. The van der Waals surface area contributed by atoms with E-state index in [1.54, 1.807) is 0 Å². The van der Waals surface area contributed by atoms with Crippen LogP contribution in [-0.4, -0.2) is 29.5 Å². The quantitative estimate of drug-likeness (QED) is 0.560. The van der Waals surface area contributed by atoms with Crippen molar-refractivity contribution < 1.29 is 14.5 Å². The van der Waals surface area contributed by atoms with E-state index in [-0.39, 0.29) is 17.3 Å². The van der Waals surface area contributed by atoms with Gasteiger partial charge in [-0.05, 0) is 18.9 Å². The number of nitrogens with zero attached hydrogens (tertiary/aromatic N) is 1. The first-order valence-electron chi connectivity index (χ1n) is 6.59. The zero-order valence-electron chi connectivity index (χ0n) is 11.3. The van der Waals surface area contributed by atoms with Crippen LogP contribution in [0.1, 0.15) is 19.3 Å². The molecule has 21 heavy (non-hydrogen) atoms. The number of carbonyl (C=O) groups is 1. The van der Waals surface area contributed by atoms with Crippen molar-refractivity contribution in [3.05, 3.63) is 33.3 Å². The molecule has 114 valence electrons. The van der Waals surface area contributed by atoms with Gasteiger partial charge in [-0.15, -0.1) is 0 Å². The van der Waals surface area contributed by atoms with Gasteiger partial charge in [-0.2, -0.15) is 0 Å². The molecule has 1 fully saturated rings. The molecule has 1 aliphatic rings. The van der Waals surface area contributed by atoms with Gasteiger partial charge in [0.25, 0.3) is 5.69 Å². The standard InChI is InChI=1S/C13H16ClN3O4/c14-10-7-9(17(19)20)3-4-12(10)21-6-5-11(13(15)18)16-8-1-2-8/h3-4,7-8,11,16H,1-2,5-6H2,(H2,15,18). The minimum absolute atomic E-state index is 0.0993. The first kappa shape index (κ1) is 15.5. The number of nitro benzene ring substituents is 1. The van der Waals surface area contributed by atoms with Crippen LogP contribution in [-0.2, 0) is 4.79 Å². The van der Waals surface area contributed by atoms with Gasteiger partial charge < -0.3 is 15.8 Å². The molecule has 1 amide bonds. The van der Waals surface area contributed by atoms with Gasteiger partial charge in [-0.1, -0.05) is 11.6 Å². The maximum absolute atomic E-state index is 11.3. The van der Waals surface area contributed by atoms with Gasteiger partial charge in [0.15, 0.2) is 0 Å². The lowest BCUT2D eigenvalue weighted by Crippen LogP contribution is -2.43. The summed E-state index contributed by atoms with van der Waals surface area (Å²) in [5, 5.41) is 13.9. The summed E-state index contributed by atoms with van der Waals surface area (Å²) in [4.78, 5) is 21.4. The fraction of sp³-hybridized carbons (Fsp3) is 0.462. The lowest BCUT2D eigenvalue weighted by Gasteiger charge is -2.15. The van der Waals surface area contributed by atoms with Crippen LogP contribution >= 0.6 is 11.6 Å². The van der Waals surface area contributed by atoms with Crippen LogP contribution in [0.15, 0.2) is 18.2 Å². The molecule has 1 atom stereocenters. The molecule has 1 aromatic carbocycles. The Kier molecular flexibility index (Phi) is 4.98. The van der Waals surface area contributed by atoms with Crippen LogP contribution in [0.25, 0.3) is 0 Å². The Balaban J connectivity index is 1.87. The molecular formula is C13H16ClN3O4. The third-order valence-electron chi connectivity index (χ3n) is 3.15. The summed E-state index contributed by atoms with van der Waals surface area (Å²) in [5.41, 5.74) is 5.22. The Labute approximate surface area is 126 Å². The molecule has 0 aliphatic heterocycles. The van der Waals surface area contributed by atoms with Gasteiger partial charge in [-0.25, -0.2) is 0 Å². The molecule has 0 heterocycles. The monoisotopic (exact) mass is 313 g/mol. The maximum atomic E-state index is 11.3. The molecule has 8 heteroatoms. The number of hydrogen-bond donors (Lipinski definition) is 2. The summed E-state index contributed by atoms with van der Waals surface area (Å²) in [5.74, 6) is -0.0720. The lowest BCUT2D eigenvalue weighted by atomic mass is 10.2. The van der Waals surface area contributed by atoms with Crippen molar-refractivity contribution in [1.29, 1.82) is 0 Å². The van der Waals surface area contributed by atoms with Gasteiger partial charge in [-0.3, -0.25) is 14.9 Å². The molecule has 0 spiro atoms. The number of nitrogens with one attached hydrogen (secondary N) is 1. The van der Waals surface area contributed by atoms with Crippen molar-refractivity contribution >= 4 is 23.2 Å². The topological polar surface area (TPSA) is 107 Å².